The smallest absolute Gasteiger partial charge is 0.346 e. The van der Waals surface area contributed by atoms with E-state index < -0.39 is 5.97 Å². The topological polar surface area (TPSA) is 43.8 Å². The standard InChI is InChI=1S/C24H28N2O2S.ClH/c1-2-19-22-20(11-6-12-21(22)29-23(19)24(27)28)26-16-14-25(15-17-26)13-7-10-18-8-4-3-5-9-18;/h3-6,8-9,11-12H,2,7,10,13-17H2,1H3,(H,27,28);1H. The molecule has 2 heterocycles. The third-order valence-corrected chi connectivity index (χ3v) is 7.02. The third-order valence-electron chi connectivity index (χ3n) is 5.84. The number of aryl methyl sites for hydroxylation is 2. The zero-order chi connectivity index (χ0) is 20.2. The number of hydrogen-bond acceptors (Lipinski definition) is 4. The maximum atomic E-state index is 11.7. The van der Waals surface area contributed by atoms with Crippen molar-refractivity contribution in [3.8, 4) is 0 Å². The van der Waals surface area contributed by atoms with Gasteiger partial charge in [-0.05, 0) is 49.1 Å². The van der Waals surface area contributed by atoms with Gasteiger partial charge in [-0.3, -0.25) is 4.90 Å². The number of benzene rings is 2. The Balaban J connectivity index is 0.00000256. The highest BCUT2D eigenvalue weighted by Crippen LogP contribution is 2.38. The van der Waals surface area contributed by atoms with Gasteiger partial charge in [0.25, 0.3) is 0 Å². The average molecular weight is 445 g/mol. The summed E-state index contributed by atoms with van der Waals surface area (Å²) in [5, 5.41) is 10.7. The lowest BCUT2D eigenvalue weighted by atomic mass is 10.0. The summed E-state index contributed by atoms with van der Waals surface area (Å²) < 4.78 is 1.09. The lowest BCUT2D eigenvalue weighted by Crippen LogP contribution is -2.46. The Labute approximate surface area is 188 Å². The monoisotopic (exact) mass is 444 g/mol. The molecule has 1 aliphatic rings. The summed E-state index contributed by atoms with van der Waals surface area (Å²) in [4.78, 5) is 17.2. The second-order valence-electron chi connectivity index (χ2n) is 7.64. The van der Waals surface area contributed by atoms with Crippen LogP contribution in [0.15, 0.2) is 48.5 Å². The van der Waals surface area contributed by atoms with Crippen molar-refractivity contribution < 1.29 is 9.90 Å². The van der Waals surface area contributed by atoms with Gasteiger partial charge in [0.2, 0.25) is 0 Å². The zero-order valence-electron chi connectivity index (χ0n) is 17.3. The summed E-state index contributed by atoms with van der Waals surface area (Å²) in [5.74, 6) is -0.808. The molecule has 1 N–H and O–H groups in total. The highest BCUT2D eigenvalue weighted by atomic mass is 35.5. The molecule has 4 nitrogen and oxygen atoms in total. The van der Waals surface area contributed by atoms with Gasteiger partial charge < -0.3 is 10.0 Å². The maximum Gasteiger partial charge on any atom is 0.346 e. The van der Waals surface area contributed by atoms with E-state index in [1.54, 1.807) is 0 Å². The number of rotatable bonds is 7. The number of nitrogens with zero attached hydrogens (tertiary/aromatic N) is 2. The van der Waals surface area contributed by atoms with E-state index in [1.165, 1.54) is 29.0 Å². The van der Waals surface area contributed by atoms with Gasteiger partial charge in [-0.1, -0.05) is 43.3 Å². The van der Waals surface area contributed by atoms with Gasteiger partial charge in [0.05, 0.1) is 0 Å². The molecule has 0 spiro atoms. The second-order valence-corrected chi connectivity index (χ2v) is 8.69. The van der Waals surface area contributed by atoms with Crippen molar-refractivity contribution >= 4 is 45.5 Å². The van der Waals surface area contributed by atoms with E-state index in [0.29, 0.717) is 4.88 Å². The molecule has 1 fully saturated rings. The summed E-state index contributed by atoms with van der Waals surface area (Å²) in [6, 6.07) is 17.0. The minimum Gasteiger partial charge on any atom is -0.477 e. The first-order valence-corrected chi connectivity index (χ1v) is 11.3. The molecule has 0 saturated carbocycles. The first-order chi connectivity index (χ1) is 14.2. The van der Waals surface area contributed by atoms with E-state index in [9.17, 15) is 9.90 Å². The third kappa shape index (κ3) is 4.80. The first-order valence-electron chi connectivity index (χ1n) is 10.5. The molecule has 1 aliphatic heterocycles. The fourth-order valence-electron chi connectivity index (χ4n) is 4.33. The van der Waals surface area contributed by atoms with Crippen LogP contribution >= 0.6 is 23.7 Å². The number of thiophene rings is 1. The van der Waals surface area contributed by atoms with E-state index in [-0.39, 0.29) is 12.4 Å². The van der Waals surface area contributed by atoms with Gasteiger partial charge in [-0.2, -0.15) is 0 Å². The van der Waals surface area contributed by atoms with Crippen molar-refractivity contribution in [1.82, 2.24) is 4.90 Å². The fraction of sp³-hybridized carbons (Fsp3) is 0.375. The Kier molecular flexibility index (Phi) is 7.75. The molecule has 2 aromatic carbocycles. The predicted octanol–water partition coefficient (Wildman–Crippen LogP) is 5.34. The predicted molar refractivity (Wildman–Crippen MR) is 129 cm³/mol. The quantitative estimate of drug-likeness (QED) is 0.534. The summed E-state index contributed by atoms with van der Waals surface area (Å²) in [6.45, 7) is 7.28. The van der Waals surface area contributed by atoms with E-state index in [1.807, 2.05) is 0 Å². The van der Waals surface area contributed by atoms with Crippen molar-refractivity contribution in [2.45, 2.75) is 26.2 Å². The number of carboxylic acid groups (broad SMARTS) is 1. The average Bonchev–Trinajstić information content (AvgIpc) is 3.14. The summed E-state index contributed by atoms with van der Waals surface area (Å²) >= 11 is 1.41. The second kappa shape index (κ2) is 10.3. The fourth-order valence-corrected chi connectivity index (χ4v) is 5.48. The van der Waals surface area contributed by atoms with E-state index in [0.717, 1.165) is 61.2 Å². The number of anilines is 1. The largest absolute Gasteiger partial charge is 0.477 e. The number of carboxylic acids is 1. The van der Waals surface area contributed by atoms with Crippen LogP contribution in [-0.4, -0.2) is 48.7 Å². The Morgan fingerprint density at radius 3 is 2.43 bits per heavy atom. The minimum absolute atomic E-state index is 0. The molecular formula is C24H29ClN2O2S. The molecule has 30 heavy (non-hydrogen) atoms. The molecule has 1 saturated heterocycles. The van der Waals surface area contributed by atoms with Gasteiger partial charge in [-0.15, -0.1) is 23.7 Å². The normalized spacial score (nSPS) is 14.6. The van der Waals surface area contributed by atoms with Crippen LogP contribution in [0.3, 0.4) is 0 Å². The van der Waals surface area contributed by atoms with Crippen LogP contribution in [0, 0.1) is 0 Å². The van der Waals surface area contributed by atoms with Crippen molar-refractivity contribution in [1.29, 1.82) is 0 Å². The Morgan fingerprint density at radius 2 is 1.77 bits per heavy atom. The number of halogens is 1. The molecule has 160 valence electrons. The summed E-state index contributed by atoms with van der Waals surface area (Å²) in [7, 11) is 0. The van der Waals surface area contributed by atoms with Crippen LogP contribution in [-0.2, 0) is 12.8 Å². The SMILES string of the molecule is CCc1c(C(=O)O)sc2cccc(N3CCN(CCCc4ccccc4)CC3)c12.Cl. The van der Waals surface area contributed by atoms with E-state index in [4.69, 9.17) is 0 Å². The van der Waals surface area contributed by atoms with Gasteiger partial charge in [0.1, 0.15) is 4.88 Å². The van der Waals surface area contributed by atoms with Crippen molar-refractivity contribution in [2.75, 3.05) is 37.6 Å². The lowest BCUT2D eigenvalue weighted by molar-refractivity contribution is 0.0701. The van der Waals surface area contributed by atoms with Crippen LogP contribution in [0.5, 0.6) is 0 Å². The highest BCUT2D eigenvalue weighted by molar-refractivity contribution is 7.21. The van der Waals surface area contributed by atoms with E-state index in [2.05, 4.69) is 65.3 Å². The molecule has 0 aliphatic carbocycles. The number of carbonyl (C=O) groups is 1. The van der Waals surface area contributed by atoms with Crippen LogP contribution < -0.4 is 4.90 Å². The van der Waals surface area contributed by atoms with Crippen LogP contribution in [0.2, 0.25) is 0 Å². The lowest BCUT2D eigenvalue weighted by Gasteiger charge is -2.36. The van der Waals surface area contributed by atoms with Crippen molar-refractivity contribution in [3.63, 3.8) is 0 Å². The van der Waals surface area contributed by atoms with E-state index >= 15 is 0 Å². The molecule has 4 rings (SSSR count). The van der Waals surface area contributed by atoms with Crippen LogP contribution in [0.1, 0.15) is 34.1 Å². The van der Waals surface area contributed by atoms with Gasteiger partial charge >= 0.3 is 5.97 Å². The van der Waals surface area contributed by atoms with Gasteiger partial charge in [-0.25, -0.2) is 4.79 Å². The Bertz CT molecular complexity index is 982. The van der Waals surface area contributed by atoms with Crippen LogP contribution in [0.4, 0.5) is 5.69 Å². The number of hydrogen-bond donors (Lipinski definition) is 1. The molecular weight excluding hydrogens is 416 g/mol. The molecule has 0 bridgehead atoms. The van der Waals surface area contributed by atoms with Crippen molar-refractivity contribution in [3.05, 3.63) is 64.5 Å². The Hall–Kier alpha value is -2.08. The van der Waals surface area contributed by atoms with Gasteiger partial charge in [0, 0.05) is 42.0 Å². The molecule has 0 unspecified atom stereocenters. The van der Waals surface area contributed by atoms with Crippen LogP contribution in [0.25, 0.3) is 10.1 Å². The van der Waals surface area contributed by atoms with Gasteiger partial charge in [0.15, 0.2) is 0 Å². The summed E-state index contributed by atoms with van der Waals surface area (Å²) in [5.41, 5.74) is 3.60. The first kappa shape index (κ1) is 22.6. The molecule has 1 aromatic heterocycles. The Morgan fingerprint density at radius 1 is 1.03 bits per heavy atom. The number of aromatic carboxylic acids is 1. The highest BCUT2D eigenvalue weighted by Gasteiger charge is 2.23. The molecule has 0 amide bonds. The summed E-state index contributed by atoms with van der Waals surface area (Å²) in [6.07, 6.45) is 3.07. The molecule has 0 atom stereocenters. The molecule has 0 radical (unpaired) electrons. The number of piperazine rings is 1. The maximum absolute atomic E-state index is 11.7. The molecule has 6 heteroatoms. The number of fused-ring (bicyclic) bond motifs is 1. The minimum atomic E-state index is -0.808. The van der Waals surface area contributed by atoms with Crippen molar-refractivity contribution in [2.24, 2.45) is 0 Å². The zero-order valence-corrected chi connectivity index (χ0v) is 19.0. The molecule has 3 aromatic rings.